The molecule has 0 aliphatic carbocycles. The monoisotopic (exact) mass is 186 g/mol. The third-order valence-electron chi connectivity index (χ3n) is 1.37. The van der Waals surface area contributed by atoms with Gasteiger partial charge in [0.1, 0.15) is 0 Å². The SMILES string of the molecule is C=CCc1cc(Cl)ccc1Cl. The van der Waals surface area contributed by atoms with Gasteiger partial charge in [-0.3, -0.25) is 0 Å². The van der Waals surface area contributed by atoms with E-state index in [1.54, 1.807) is 18.2 Å². The zero-order chi connectivity index (χ0) is 8.27. The van der Waals surface area contributed by atoms with Crippen LogP contribution in [0.5, 0.6) is 0 Å². The molecule has 0 heterocycles. The van der Waals surface area contributed by atoms with Crippen LogP contribution in [0.2, 0.25) is 10.0 Å². The Labute approximate surface area is 76.4 Å². The lowest BCUT2D eigenvalue weighted by Gasteiger charge is -1.99. The Morgan fingerprint density at radius 1 is 1.36 bits per heavy atom. The molecule has 0 nitrogen and oxygen atoms in total. The molecule has 0 amide bonds. The average molecular weight is 187 g/mol. The Hall–Kier alpha value is -0.460. The summed E-state index contributed by atoms with van der Waals surface area (Å²) in [5, 5.41) is 1.46. The van der Waals surface area contributed by atoms with Crippen molar-refractivity contribution in [2.45, 2.75) is 6.42 Å². The molecular formula is C9H8Cl2. The van der Waals surface area contributed by atoms with Crippen LogP contribution >= 0.6 is 23.2 Å². The zero-order valence-corrected chi connectivity index (χ0v) is 7.49. The third-order valence-corrected chi connectivity index (χ3v) is 1.98. The molecule has 2 heteroatoms. The van der Waals surface area contributed by atoms with Crippen molar-refractivity contribution in [1.29, 1.82) is 0 Å². The van der Waals surface area contributed by atoms with Crippen LogP contribution in [0, 0.1) is 0 Å². The van der Waals surface area contributed by atoms with Gasteiger partial charge in [0.2, 0.25) is 0 Å². The number of hydrogen-bond acceptors (Lipinski definition) is 0. The van der Waals surface area contributed by atoms with Crippen molar-refractivity contribution in [3.8, 4) is 0 Å². The lowest BCUT2D eigenvalue weighted by molar-refractivity contribution is 1.28. The zero-order valence-electron chi connectivity index (χ0n) is 5.98. The normalized spacial score (nSPS) is 9.64. The van der Waals surface area contributed by atoms with Gasteiger partial charge in [0.15, 0.2) is 0 Å². The van der Waals surface area contributed by atoms with Crippen LogP contribution in [0.25, 0.3) is 0 Å². The van der Waals surface area contributed by atoms with Gasteiger partial charge in [-0.05, 0) is 30.2 Å². The maximum atomic E-state index is 5.87. The number of rotatable bonds is 2. The molecule has 0 saturated heterocycles. The molecule has 1 rings (SSSR count). The van der Waals surface area contributed by atoms with E-state index in [1.807, 2.05) is 6.07 Å². The highest BCUT2D eigenvalue weighted by atomic mass is 35.5. The summed E-state index contributed by atoms with van der Waals surface area (Å²) in [6.45, 7) is 3.63. The average Bonchev–Trinajstić information content (AvgIpc) is 1.98. The molecule has 0 fully saturated rings. The molecule has 0 unspecified atom stereocenters. The van der Waals surface area contributed by atoms with E-state index in [0.717, 1.165) is 17.0 Å². The lowest BCUT2D eigenvalue weighted by atomic mass is 10.1. The van der Waals surface area contributed by atoms with Gasteiger partial charge in [-0.1, -0.05) is 29.3 Å². The number of halogens is 2. The minimum atomic E-state index is 0.714. The molecule has 0 aliphatic heterocycles. The van der Waals surface area contributed by atoms with Gasteiger partial charge in [0.25, 0.3) is 0 Å². The second-order valence-electron chi connectivity index (χ2n) is 2.23. The quantitative estimate of drug-likeness (QED) is 0.619. The Bertz CT molecular complexity index is 266. The van der Waals surface area contributed by atoms with Gasteiger partial charge in [-0.25, -0.2) is 0 Å². The maximum Gasteiger partial charge on any atom is 0.0442 e. The lowest BCUT2D eigenvalue weighted by Crippen LogP contribution is -1.81. The second kappa shape index (κ2) is 3.80. The summed E-state index contributed by atoms with van der Waals surface area (Å²) >= 11 is 11.6. The van der Waals surface area contributed by atoms with Crippen molar-refractivity contribution in [3.63, 3.8) is 0 Å². The van der Waals surface area contributed by atoms with Crippen LogP contribution in [-0.2, 0) is 6.42 Å². The highest BCUT2D eigenvalue weighted by Gasteiger charge is 1.97. The first-order valence-corrected chi connectivity index (χ1v) is 4.04. The minimum absolute atomic E-state index is 0.714. The molecule has 0 radical (unpaired) electrons. The van der Waals surface area contributed by atoms with Crippen molar-refractivity contribution in [2.75, 3.05) is 0 Å². The van der Waals surface area contributed by atoms with Crippen LogP contribution in [0.4, 0.5) is 0 Å². The van der Waals surface area contributed by atoms with Crippen molar-refractivity contribution in [1.82, 2.24) is 0 Å². The van der Waals surface area contributed by atoms with Gasteiger partial charge in [0, 0.05) is 10.0 Å². The summed E-state index contributed by atoms with van der Waals surface area (Å²) in [5.41, 5.74) is 1.02. The first-order valence-electron chi connectivity index (χ1n) is 3.29. The van der Waals surface area contributed by atoms with Crippen LogP contribution in [0.15, 0.2) is 30.9 Å². The summed E-state index contributed by atoms with van der Waals surface area (Å²) < 4.78 is 0. The smallest absolute Gasteiger partial charge is 0.0442 e. The molecular weight excluding hydrogens is 179 g/mol. The molecule has 0 atom stereocenters. The second-order valence-corrected chi connectivity index (χ2v) is 3.07. The first kappa shape index (κ1) is 8.63. The fourth-order valence-electron chi connectivity index (χ4n) is 0.855. The Balaban J connectivity index is 3.01. The van der Waals surface area contributed by atoms with E-state index in [2.05, 4.69) is 6.58 Å². The number of benzene rings is 1. The van der Waals surface area contributed by atoms with Gasteiger partial charge < -0.3 is 0 Å². The fourth-order valence-corrected chi connectivity index (χ4v) is 1.24. The van der Waals surface area contributed by atoms with Gasteiger partial charge in [-0.2, -0.15) is 0 Å². The van der Waals surface area contributed by atoms with E-state index in [9.17, 15) is 0 Å². The van der Waals surface area contributed by atoms with Crippen LogP contribution < -0.4 is 0 Å². The summed E-state index contributed by atoms with van der Waals surface area (Å²) in [6, 6.07) is 5.42. The Morgan fingerprint density at radius 2 is 2.09 bits per heavy atom. The van der Waals surface area contributed by atoms with Crippen molar-refractivity contribution in [2.24, 2.45) is 0 Å². The summed E-state index contributed by atoms with van der Waals surface area (Å²) in [5.74, 6) is 0. The molecule has 0 saturated carbocycles. The van der Waals surface area contributed by atoms with Crippen LogP contribution in [-0.4, -0.2) is 0 Å². The summed E-state index contributed by atoms with van der Waals surface area (Å²) in [6.07, 6.45) is 2.57. The maximum absolute atomic E-state index is 5.87. The Morgan fingerprint density at radius 3 is 2.73 bits per heavy atom. The molecule has 0 bridgehead atoms. The van der Waals surface area contributed by atoms with E-state index in [4.69, 9.17) is 23.2 Å². The van der Waals surface area contributed by atoms with Crippen LogP contribution in [0.3, 0.4) is 0 Å². The minimum Gasteiger partial charge on any atom is -0.103 e. The predicted octanol–water partition coefficient (Wildman–Crippen LogP) is 3.72. The third kappa shape index (κ3) is 2.25. The van der Waals surface area contributed by atoms with Crippen molar-refractivity contribution >= 4 is 23.2 Å². The molecule has 0 aliphatic rings. The van der Waals surface area contributed by atoms with E-state index in [0.29, 0.717) is 5.02 Å². The molecule has 0 aromatic heterocycles. The molecule has 0 N–H and O–H groups in total. The molecule has 1 aromatic carbocycles. The van der Waals surface area contributed by atoms with Gasteiger partial charge >= 0.3 is 0 Å². The first-order chi connectivity index (χ1) is 5.24. The number of allylic oxidation sites excluding steroid dienone is 1. The fraction of sp³-hybridized carbons (Fsp3) is 0.111. The molecule has 11 heavy (non-hydrogen) atoms. The van der Waals surface area contributed by atoms with Crippen molar-refractivity contribution in [3.05, 3.63) is 46.5 Å². The van der Waals surface area contributed by atoms with Gasteiger partial charge in [-0.15, -0.1) is 6.58 Å². The number of hydrogen-bond donors (Lipinski definition) is 0. The Kier molecular flexibility index (Phi) is 2.98. The molecule has 58 valence electrons. The predicted molar refractivity (Wildman–Crippen MR) is 50.4 cm³/mol. The molecule has 0 spiro atoms. The van der Waals surface area contributed by atoms with E-state index in [-0.39, 0.29) is 0 Å². The van der Waals surface area contributed by atoms with E-state index in [1.165, 1.54) is 0 Å². The standard InChI is InChI=1S/C9H8Cl2/c1-2-3-7-6-8(10)4-5-9(7)11/h2,4-6H,1,3H2. The van der Waals surface area contributed by atoms with E-state index >= 15 is 0 Å². The summed E-state index contributed by atoms with van der Waals surface area (Å²) in [4.78, 5) is 0. The highest BCUT2D eigenvalue weighted by Crippen LogP contribution is 2.20. The molecule has 1 aromatic rings. The highest BCUT2D eigenvalue weighted by molar-refractivity contribution is 6.33. The largest absolute Gasteiger partial charge is 0.103 e. The van der Waals surface area contributed by atoms with Crippen LogP contribution in [0.1, 0.15) is 5.56 Å². The topological polar surface area (TPSA) is 0 Å². The van der Waals surface area contributed by atoms with Gasteiger partial charge in [0.05, 0.1) is 0 Å². The van der Waals surface area contributed by atoms with Crippen molar-refractivity contribution < 1.29 is 0 Å². The summed E-state index contributed by atoms with van der Waals surface area (Å²) in [7, 11) is 0. The van der Waals surface area contributed by atoms with E-state index < -0.39 is 0 Å².